The van der Waals surface area contributed by atoms with Crippen LogP contribution >= 0.6 is 0 Å². The first-order valence-corrected chi connectivity index (χ1v) is 1.32. The van der Waals surface area contributed by atoms with Crippen molar-refractivity contribution in [3.63, 3.8) is 0 Å². The van der Waals surface area contributed by atoms with Gasteiger partial charge in [0.2, 0.25) is 0 Å². The fraction of sp³-hybridized carbons (Fsp3) is 0.250. The third-order valence-electron chi connectivity index (χ3n) is 0.236. The van der Waals surface area contributed by atoms with Gasteiger partial charge in [0.05, 0.1) is 0 Å². The molecular formula is C4H7K. The Labute approximate surface area is 76.1 Å². The molecule has 24 valence electrons. The summed E-state index contributed by atoms with van der Waals surface area (Å²) >= 11 is 0. The van der Waals surface area contributed by atoms with E-state index < -0.39 is 0 Å². The van der Waals surface area contributed by atoms with Crippen LogP contribution in [0, 0.1) is 6.92 Å². The van der Waals surface area contributed by atoms with Crippen molar-refractivity contribution in [1.82, 2.24) is 0 Å². The van der Waals surface area contributed by atoms with E-state index in [2.05, 4.69) is 6.92 Å². The van der Waals surface area contributed by atoms with Crippen LogP contribution in [0.4, 0.5) is 0 Å². The first-order valence-electron chi connectivity index (χ1n) is 1.32. The quantitative estimate of drug-likeness (QED) is 0.250. The molecule has 0 aromatic carbocycles. The van der Waals surface area contributed by atoms with Gasteiger partial charge in [0.1, 0.15) is 0 Å². The molecule has 0 spiro atoms. The van der Waals surface area contributed by atoms with Crippen molar-refractivity contribution in [2.75, 3.05) is 0 Å². The largest absolute Gasteiger partial charge is 1.00 e. The summed E-state index contributed by atoms with van der Waals surface area (Å²) < 4.78 is 0. The third-order valence-corrected chi connectivity index (χ3v) is 0.236. The molecule has 0 fully saturated rings. The van der Waals surface area contributed by atoms with E-state index in [1.54, 1.807) is 6.08 Å². The first kappa shape index (κ1) is 9.53. The van der Waals surface area contributed by atoms with Crippen molar-refractivity contribution in [3.05, 3.63) is 19.1 Å². The predicted octanol–water partition coefficient (Wildman–Crippen LogP) is -1.60. The monoisotopic (exact) mass is 94.0 g/mol. The van der Waals surface area contributed by atoms with Gasteiger partial charge in [-0.25, -0.2) is 19.1 Å². The van der Waals surface area contributed by atoms with Gasteiger partial charge in [-0.05, 0) is 0 Å². The van der Waals surface area contributed by atoms with Crippen molar-refractivity contribution in [1.29, 1.82) is 0 Å². The average Bonchev–Trinajstić information content (AvgIpc) is 1.37. The van der Waals surface area contributed by atoms with Crippen LogP contribution in [-0.4, -0.2) is 0 Å². The van der Waals surface area contributed by atoms with E-state index in [0.29, 0.717) is 0 Å². The maximum atomic E-state index is 3.42. The number of hydrogen-bond acceptors (Lipinski definition) is 0. The van der Waals surface area contributed by atoms with Gasteiger partial charge in [-0.2, -0.15) is 0 Å². The molecule has 0 nitrogen and oxygen atoms in total. The van der Waals surface area contributed by atoms with Crippen LogP contribution in [0.2, 0.25) is 0 Å². The summed E-state index contributed by atoms with van der Waals surface area (Å²) in [5, 5.41) is 0. The topological polar surface area (TPSA) is 0 Å². The molecule has 0 atom stereocenters. The zero-order valence-corrected chi connectivity index (χ0v) is 6.98. The van der Waals surface area contributed by atoms with Crippen LogP contribution < -0.4 is 51.4 Å². The van der Waals surface area contributed by atoms with Crippen LogP contribution in [-0.2, 0) is 0 Å². The van der Waals surface area contributed by atoms with E-state index >= 15 is 0 Å². The van der Waals surface area contributed by atoms with Crippen molar-refractivity contribution < 1.29 is 51.4 Å². The predicted molar refractivity (Wildman–Crippen MR) is 20.2 cm³/mol. The Kier molecular flexibility index (Phi) is 17.1. The Morgan fingerprint density at radius 3 is 1.80 bits per heavy atom. The van der Waals surface area contributed by atoms with Gasteiger partial charge in [0.15, 0.2) is 0 Å². The molecule has 0 aliphatic rings. The molecule has 0 amide bonds. The van der Waals surface area contributed by atoms with Crippen LogP contribution in [0.15, 0.2) is 12.2 Å². The van der Waals surface area contributed by atoms with E-state index in [9.17, 15) is 0 Å². The molecule has 0 N–H and O–H groups in total. The van der Waals surface area contributed by atoms with Gasteiger partial charge in [0.25, 0.3) is 0 Å². The van der Waals surface area contributed by atoms with Gasteiger partial charge in [-0.15, -0.1) is 6.92 Å². The molecule has 0 aromatic heterocycles. The van der Waals surface area contributed by atoms with E-state index in [1.165, 1.54) is 0 Å². The summed E-state index contributed by atoms with van der Waals surface area (Å²) in [7, 11) is 0. The number of hydrogen-bond donors (Lipinski definition) is 0. The normalized spacial score (nSPS) is 7.40. The summed E-state index contributed by atoms with van der Waals surface area (Å²) in [5.74, 6) is 0. The number of allylic oxidation sites excluding steroid dienone is 2. The minimum absolute atomic E-state index is 0. The SMILES string of the molecule is [CH2-]C=CC.[K+]. The number of rotatable bonds is 0. The second-order valence-corrected chi connectivity index (χ2v) is 0.569. The van der Waals surface area contributed by atoms with E-state index in [0.717, 1.165) is 0 Å². The molecule has 0 unspecified atom stereocenters. The Hall–Kier alpha value is 1.25. The van der Waals surface area contributed by atoms with Gasteiger partial charge in [-0.3, -0.25) is 0 Å². The molecule has 0 aliphatic heterocycles. The van der Waals surface area contributed by atoms with Gasteiger partial charge in [0, 0.05) is 0 Å². The van der Waals surface area contributed by atoms with Crippen LogP contribution in [0.1, 0.15) is 6.92 Å². The fourth-order valence-electron chi connectivity index (χ4n) is 0. The molecule has 0 rings (SSSR count). The minimum atomic E-state index is 0. The maximum Gasteiger partial charge on any atom is 1.00 e. The van der Waals surface area contributed by atoms with Crippen molar-refractivity contribution in [2.45, 2.75) is 6.92 Å². The molecular weight excluding hydrogens is 87.1 g/mol. The summed E-state index contributed by atoms with van der Waals surface area (Å²) in [6.07, 6.45) is 3.64. The molecule has 0 aliphatic carbocycles. The van der Waals surface area contributed by atoms with Gasteiger partial charge < -0.3 is 0 Å². The molecule has 0 aromatic rings. The van der Waals surface area contributed by atoms with Gasteiger partial charge in [-0.1, -0.05) is 0 Å². The molecule has 0 radical (unpaired) electrons. The molecule has 0 heterocycles. The summed E-state index contributed by atoms with van der Waals surface area (Å²) in [6, 6.07) is 0. The molecule has 5 heavy (non-hydrogen) atoms. The average molecular weight is 94.2 g/mol. The minimum Gasteiger partial charge on any atom is -0.245 e. The molecule has 1 heteroatoms. The zero-order chi connectivity index (χ0) is 3.41. The van der Waals surface area contributed by atoms with E-state index in [-0.39, 0.29) is 51.4 Å². The molecule has 0 saturated heterocycles. The third kappa shape index (κ3) is 11.0. The summed E-state index contributed by atoms with van der Waals surface area (Å²) in [5.41, 5.74) is 0. The van der Waals surface area contributed by atoms with Crippen LogP contribution in [0.5, 0.6) is 0 Å². The fourth-order valence-corrected chi connectivity index (χ4v) is 0. The Morgan fingerprint density at radius 2 is 1.80 bits per heavy atom. The molecule has 0 bridgehead atoms. The van der Waals surface area contributed by atoms with Crippen molar-refractivity contribution in [3.8, 4) is 0 Å². The second-order valence-electron chi connectivity index (χ2n) is 0.569. The maximum absolute atomic E-state index is 3.42. The first-order chi connectivity index (χ1) is 1.91. The van der Waals surface area contributed by atoms with E-state index in [1.807, 2.05) is 13.0 Å². The van der Waals surface area contributed by atoms with Crippen LogP contribution in [0.3, 0.4) is 0 Å². The Morgan fingerprint density at radius 1 is 1.60 bits per heavy atom. The molecule has 0 saturated carbocycles. The smallest absolute Gasteiger partial charge is 0.245 e. The van der Waals surface area contributed by atoms with Gasteiger partial charge >= 0.3 is 51.4 Å². The second kappa shape index (κ2) is 8.98. The van der Waals surface area contributed by atoms with Crippen molar-refractivity contribution >= 4 is 0 Å². The Balaban J connectivity index is 0. The summed E-state index contributed by atoms with van der Waals surface area (Å²) in [6.45, 7) is 5.36. The Bertz CT molecular complexity index is 18.8. The van der Waals surface area contributed by atoms with Crippen molar-refractivity contribution in [2.24, 2.45) is 0 Å². The summed E-state index contributed by atoms with van der Waals surface area (Å²) in [4.78, 5) is 0. The van der Waals surface area contributed by atoms with E-state index in [4.69, 9.17) is 0 Å². The van der Waals surface area contributed by atoms with Crippen LogP contribution in [0.25, 0.3) is 0 Å². The standard InChI is InChI=1S/C4H7.K/c1-3-4-2;/h3-4H,1H2,2H3;/q-1;+1. The zero-order valence-electron chi connectivity index (χ0n) is 3.86.